The topological polar surface area (TPSA) is 94.5 Å². The fourth-order valence-corrected chi connectivity index (χ4v) is 5.61. The number of rotatable bonds is 4. The second kappa shape index (κ2) is 8.27. The number of hydrogen-bond acceptors (Lipinski definition) is 4. The van der Waals surface area contributed by atoms with Crippen molar-refractivity contribution in [3.8, 4) is 11.3 Å². The summed E-state index contributed by atoms with van der Waals surface area (Å²) in [6.45, 7) is 1.12. The zero-order chi connectivity index (χ0) is 23.4. The van der Waals surface area contributed by atoms with Crippen molar-refractivity contribution < 1.29 is 14.7 Å². The third kappa shape index (κ3) is 3.70. The van der Waals surface area contributed by atoms with E-state index >= 15 is 0 Å². The second-order valence-corrected chi connectivity index (χ2v) is 10.1. The number of aliphatic hydroxyl groups is 1. The van der Waals surface area contributed by atoms with Crippen LogP contribution in [0.3, 0.4) is 0 Å². The highest BCUT2D eigenvalue weighted by Gasteiger charge is 2.35. The molecule has 0 spiro atoms. The number of aromatic nitrogens is 3. The van der Waals surface area contributed by atoms with E-state index in [4.69, 9.17) is 4.98 Å². The van der Waals surface area contributed by atoms with E-state index in [0.717, 1.165) is 48.0 Å². The molecule has 2 N–H and O–H groups in total. The molecular weight excluding hydrogens is 430 g/mol. The maximum Gasteiger partial charge on any atom is 0.290 e. The van der Waals surface area contributed by atoms with Crippen LogP contribution in [0, 0.1) is 0 Å². The largest absolute Gasteiger partial charge is 0.393 e. The highest BCUT2D eigenvalue weighted by atomic mass is 16.3. The van der Waals surface area contributed by atoms with Gasteiger partial charge >= 0.3 is 0 Å². The van der Waals surface area contributed by atoms with Gasteiger partial charge in [0.1, 0.15) is 6.54 Å². The van der Waals surface area contributed by atoms with Crippen molar-refractivity contribution in [1.82, 2.24) is 24.3 Å². The lowest BCUT2D eigenvalue weighted by Gasteiger charge is -2.41. The predicted octanol–water partition coefficient (Wildman–Crippen LogP) is 3.03. The molecule has 0 atom stereocenters. The first-order chi connectivity index (χ1) is 16.5. The number of benzene rings is 1. The lowest BCUT2D eigenvalue weighted by molar-refractivity contribution is -0.138. The van der Waals surface area contributed by atoms with Crippen molar-refractivity contribution >= 4 is 22.8 Å². The molecule has 3 aliphatic rings. The van der Waals surface area contributed by atoms with Crippen molar-refractivity contribution in [1.29, 1.82) is 0 Å². The van der Waals surface area contributed by atoms with Crippen molar-refractivity contribution in [2.24, 2.45) is 7.05 Å². The van der Waals surface area contributed by atoms with Crippen LogP contribution in [0.1, 0.15) is 60.6 Å². The third-order valence-electron chi connectivity index (χ3n) is 7.79. The number of imidazole rings is 1. The Morgan fingerprint density at radius 3 is 2.59 bits per heavy atom. The molecule has 0 radical (unpaired) electrons. The molecule has 8 nitrogen and oxygen atoms in total. The summed E-state index contributed by atoms with van der Waals surface area (Å²) >= 11 is 0. The quantitative estimate of drug-likeness (QED) is 0.625. The number of H-pyrrole nitrogens is 1. The molecule has 0 bridgehead atoms. The minimum atomic E-state index is -0.247. The summed E-state index contributed by atoms with van der Waals surface area (Å²) in [4.78, 5) is 38.1. The molecule has 2 aromatic heterocycles. The van der Waals surface area contributed by atoms with Gasteiger partial charge in [-0.3, -0.25) is 9.59 Å². The van der Waals surface area contributed by atoms with Crippen LogP contribution in [-0.2, 0) is 11.8 Å². The summed E-state index contributed by atoms with van der Waals surface area (Å²) < 4.78 is 1.88. The Hall–Kier alpha value is -3.13. The van der Waals surface area contributed by atoms with E-state index in [-0.39, 0.29) is 30.5 Å². The van der Waals surface area contributed by atoms with Crippen LogP contribution in [-0.4, -0.2) is 73.0 Å². The Morgan fingerprint density at radius 1 is 1.12 bits per heavy atom. The van der Waals surface area contributed by atoms with E-state index in [1.54, 1.807) is 4.90 Å². The van der Waals surface area contributed by atoms with E-state index in [0.29, 0.717) is 24.8 Å². The number of fused-ring (bicyclic) bond motifs is 1. The van der Waals surface area contributed by atoms with Gasteiger partial charge in [0.05, 0.1) is 17.1 Å². The van der Waals surface area contributed by atoms with E-state index in [2.05, 4.69) is 17.1 Å². The molecule has 8 heteroatoms. The fraction of sp³-hybridized carbons (Fsp3) is 0.500. The van der Waals surface area contributed by atoms with Crippen LogP contribution in [0.5, 0.6) is 0 Å². The minimum absolute atomic E-state index is 0.0113. The number of aryl methyl sites for hydroxylation is 1. The van der Waals surface area contributed by atoms with Crippen molar-refractivity contribution in [2.45, 2.75) is 56.6 Å². The third-order valence-corrected chi connectivity index (χ3v) is 7.79. The second-order valence-electron chi connectivity index (χ2n) is 10.1. The minimum Gasteiger partial charge on any atom is -0.393 e. The molecule has 34 heavy (non-hydrogen) atoms. The van der Waals surface area contributed by atoms with Gasteiger partial charge in [0.25, 0.3) is 5.91 Å². The summed E-state index contributed by atoms with van der Waals surface area (Å²) in [7, 11) is 1.89. The Kier molecular flexibility index (Phi) is 5.21. The molecule has 1 aromatic carbocycles. The van der Waals surface area contributed by atoms with Gasteiger partial charge in [-0.1, -0.05) is 0 Å². The Bertz CT molecular complexity index is 1240. The number of hydrogen-bond donors (Lipinski definition) is 2. The predicted molar refractivity (Wildman–Crippen MR) is 128 cm³/mol. The number of piperazine rings is 1. The molecular formula is C26H31N5O3. The molecule has 3 aromatic rings. The maximum absolute atomic E-state index is 13.5. The van der Waals surface area contributed by atoms with Crippen molar-refractivity contribution in [3.05, 3.63) is 41.9 Å². The van der Waals surface area contributed by atoms with Gasteiger partial charge in [0.2, 0.25) is 5.91 Å². The van der Waals surface area contributed by atoms with Crippen LogP contribution in [0.25, 0.3) is 22.3 Å². The van der Waals surface area contributed by atoms with E-state index in [1.165, 1.54) is 18.4 Å². The monoisotopic (exact) mass is 461 g/mol. The number of aliphatic hydroxyl groups excluding tert-OH is 1. The SMILES string of the molecule is Cn1c(C(=O)N2CCN(C3CCC(O)CC3)C(=O)C2)nc2c(-c3ccc[nH]3)cc(C3CC3)cc21. The van der Waals surface area contributed by atoms with Gasteiger partial charge in [0.15, 0.2) is 5.82 Å². The van der Waals surface area contributed by atoms with Crippen molar-refractivity contribution in [2.75, 3.05) is 19.6 Å². The Labute approximate surface area is 198 Å². The molecule has 1 saturated heterocycles. The fourth-order valence-electron chi connectivity index (χ4n) is 5.61. The van der Waals surface area contributed by atoms with Crippen LogP contribution >= 0.6 is 0 Å². The number of amides is 2. The summed E-state index contributed by atoms with van der Waals surface area (Å²) in [5.74, 6) is 0.746. The smallest absolute Gasteiger partial charge is 0.290 e. The normalized spacial score (nSPS) is 23.6. The number of nitrogens with one attached hydrogen (secondary N) is 1. The van der Waals surface area contributed by atoms with Gasteiger partial charge in [-0.05, 0) is 74.3 Å². The Balaban J connectivity index is 1.28. The van der Waals surface area contributed by atoms with Crippen LogP contribution in [0.2, 0.25) is 0 Å². The summed E-state index contributed by atoms with van der Waals surface area (Å²) in [5, 5.41) is 9.78. The molecule has 2 saturated carbocycles. The maximum atomic E-state index is 13.5. The van der Waals surface area contributed by atoms with Gasteiger partial charge < -0.3 is 24.5 Å². The average Bonchev–Trinajstić information content (AvgIpc) is 3.45. The van der Waals surface area contributed by atoms with Gasteiger partial charge in [0, 0.05) is 43.6 Å². The van der Waals surface area contributed by atoms with Crippen LogP contribution < -0.4 is 0 Å². The molecule has 3 fully saturated rings. The first-order valence-corrected chi connectivity index (χ1v) is 12.4. The standard InChI is InChI=1S/C26H31N5O3/c1-29-22-14-17(16-4-5-16)13-20(21-3-2-10-27-21)24(22)28-25(29)26(34)30-11-12-31(23(33)15-30)18-6-8-19(32)9-7-18/h2-3,10,13-14,16,18-19,27,32H,4-9,11-12,15H2,1H3. The highest BCUT2D eigenvalue weighted by molar-refractivity contribution is 6.00. The highest BCUT2D eigenvalue weighted by Crippen LogP contribution is 2.43. The zero-order valence-corrected chi connectivity index (χ0v) is 19.5. The number of nitrogens with zero attached hydrogens (tertiary/aromatic N) is 4. The number of carbonyl (C=O) groups excluding carboxylic acids is 2. The van der Waals surface area contributed by atoms with Gasteiger partial charge in [-0.2, -0.15) is 0 Å². The summed E-state index contributed by atoms with van der Waals surface area (Å²) in [6.07, 6.45) is 7.19. The van der Waals surface area contributed by atoms with Crippen LogP contribution in [0.4, 0.5) is 0 Å². The first-order valence-electron chi connectivity index (χ1n) is 12.4. The first kappa shape index (κ1) is 21.4. The van der Waals surface area contributed by atoms with E-state index in [1.807, 2.05) is 34.8 Å². The Morgan fingerprint density at radius 2 is 1.91 bits per heavy atom. The zero-order valence-electron chi connectivity index (χ0n) is 19.5. The van der Waals surface area contributed by atoms with E-state index in [9.17, 15) is 14.7 Å². The number of aromatic amines is 1. The van der Waals surface area contributed by atoms with Crippen molar-refractivity contribution in [3.63, 3.8) is 0 Å². The molecule has 178 valence electrons. The molecule has 2 amide bonds. The molecule has 0 unspecified atom stereocenters. The molecule has 6 rings (SSSR count). The summed E-state index contributed by atoms with van der Waals surface area (Å²) in [5.41, 5.74) is 5.05. The summed E-state index contributed by atoms with van der Waals surface area (Å²) in [6, 6.07) is 8.55. The number of carbonyl (C=O) groups is 2. The van der Waals surface area contributed by atoms with Gasteiger partial charge in [-0.25, -0.2) is 4.98 Å². The van der Waals surface area contributed by atoms with Gasteiger partial charge in [-0.15, -0.1) is 0 Å². The molecule has 3 heterocycles. The average molecular weight is 462 g/mol. The van der Waals surface area contributed by atoms with E-state index < -0.39 is 0 Å². The van der Waals surface area contributed by atoms with Crippen LogP contribution in [0.15, 0.2) is 30.5 Å². The lowest BCUT2D eigenvalue weighted by atomic mass is 9.91. The molecule has 1 aliphatic heterocycles. The molecule has 2 aliphatic carbocycles. The lowest BCUT2D eigenvalue weighted by Crippen LogP contribution is -2.56.